The first-order valence-corrected chi connectivity index (χ1v) is 38.8. The van der Waals surface area contributed by atoms with Gasteiger partial charge in [-0.3, -0.25) is 18.6 Å². The van der Waals surface area contributed by atoms with Gasteiger partial charge in [0.05, 0.1) is 33.8 Å². The van der Waals surface area contributed by atoms with Gasteiger partial charge in [-0.05, 0) is 63.9 Å². The number of unbranched alkanes of at least 4 members (excludes halogenated alkanes) is 49. The number of amides is 1. The van der Waals surface area contributed by atoms with E-state index in [4.69, 9.17) is 13.8 Å². The Labute approximate surface area is 529 Å². The minimum atomic E-state index is -4.45. The Morgan fingerprint density at radius 1 is 0.412 bits per heavy atom. The summed E-state index contributed by atoms with van der Waals surface area (Å²) in [5.74, 6) is -0.482. The molecule has 0 aromatic heterocycles. The molecule has 3 atom stereocenters. The lowest BCUT2D eigenvalue weighted by molar-refractivity contribution is -0.870. The van der Waals surface area contributed by atoms with Crippen LogP contribution in [-0.2, 0) is 27.9 Å². The second-order valence-corrected chi connectivity index (χ2v) is 28.3. The van der Waals surface area contributed by atoms with Crippen molar-refractivity contribution in [2.24, 2.45) is 0 Å². The minimum Gasteiger partial charge on any atom is -0.456 e. The van der Waals surface area contributed by atoms with E-state index in [0.29, 0.717) is 23.9 Å². The van der Waals surface area contributed by atoms with Crippen LogP contribution in [0.15, 0.2) is 36.5 Å². The predicted molar refractivity (Wildman–Crippen MR) is 369 cm³/mol. The number of carbonyl (C=O) groups excluding carboxylic acids is 2. The van der Waals surface area contributed by atoms with Crippen LogP contribution >= 0.6 is 7.82 Å². The number of carbonyl (C=O) groups is 2. The molecule has 0 spiro atoms. The van der Waals surface area contributed by atoms with Gasteiger partial charge in [-0.25, -0.2) is 4.57 Å². The number of esters is 1. The molecule has 502 valence electrons. The quantitative estimate of drug-likeness (QED) is 0.0205. The zero-order valence-electron chi connectivity index (χ0n) is 57.6. The lowest BCUT2D eigenvalue weighted by atomic mass is 10.0. The number of allylic oxidation sites excluding steroid dienone is 5. The maximum Gasteiger partial charge on any atom is 0.472 e. The summed E-state index contributed by atoms with van der Waals surface area (Å²) in [7, 11) is 1.52. The lowest BCUT2D eigenvalue weighted by Crippen LogP contribution is -2.47. The van der Waals surface area contributed by atoms with Crippen molar-refractivity contribution in [1.29, 1.82) is 0 Å². The lowest BCUT2D eigenvalue weighted by Gasteiger charge is -2.27. The normalized spacial score (nSPS) is 13.6. The van der Waals surface area contributed by atoms with Gasteiger partial charge in [0.1, 0.15) is 19.3 Å². The molecule has 3 unspecified atom stereocenters. The fraction of sp³-hybridized carbons (Fsp3) is 0.893. The van der Waals surface area contributed by atoms with Crippen molar-refractivity contribution in [3.63, 3.8) is 0 Å². The number of phosphoric acid groups is 1. The first kappa shape index (κ1) is 83.2. The molecule has 0 aliphatic heterocycles. The highest BCUT2D eigenvalue weighted by Crippen LogP contribution is 2.43. The number of nitrogens with zero attached hydrogens (tertiary/aromatic N) is 1. The van der Waals surface area contributed by atoms with E-state index in [1.807, 2.05) is 33.3 Å². The van der Waals surface area contributed by atoms with Crippen molar-refractivity contribution >= 4 is 19.7 Å². The topological polar surface area (TPSA) is 111 Å². The Balaban J connectivity index is 4.91. The highest BCUT2D eigenvalue weighted by atomic mass is 31.2. The molecule has 10 heteroatoms. The second-order valence-electron chi connectivity index (χ2n) is 26.8. The Hall–Kier alpha value is -1.77. The summed E-state index contributed by atoms with van der Waals surface area (Å²) in [6.45, 7) is 7.05. The summed E-state index contributed by atoms with van der Waals surface area (Å²) in [6, 6.07) is -0.844. The van der Waals surface area contributed by atoms with Crippen LogP contribution in [0.4, 0.5) is 0 Å². The third kappa shape index (κ3) is 66.5. The van der Waals surface area contributed by atoms with Crippen molar-refractivity contribution in [3.8, 4) is 0 Å². The van der Waals surface area contributed by atoms with Gasteiger partial charge in [0.2, 0.25) is 5.91 Å². The van der Waals surface area contributed by atoms with E-state index in [9.17, 15) is 19.0 Å². The summed E-state index contributed by atoms with van der Waals surface area (Å²) in [4.78, 5) is 37.9. The predicted octanol–water partition coefficient (Wildman–Crippen LogP) is 23.8. The van der Waals surface area contributed by atoms with Gasteiger partial charge < -0.3 is 19.4 Å². The Morgan fingerprint density at radius 3 is 1.08 bits per heavy atom. The molecule has 0 heterocycles. The summed E-state index contributed by atoms with van der Waals surface area (Å²) in [6.07, 6.45) is 81.7. The van der Waals surface area contributed by atoms with Crippen LogP contribution in [0.2, 0.25) is 0 Å². The Kier molecular flexibility index (Phi) is 63.8. The molecule has 0 aliphatic rings. The van der Waals surface area contributed by atoms with Crippen molar-refractivity contribution in [2.45, 2.75) is 392 Å². The average molecular weight is 1220 g/mol. The first-order chi connectivity index (χ1) is 41.4. The third-order valence-electron chi connectivity index (χ3n) is 17.1. The van der Waals surface area contributed by atoms with Gasteiger partial charge in [0.15, 0.2) is 0 Å². The standard InChI is InChI=1S/C75H145N2O7P/c1-7-10-13-16-19-22-25-27-29-31-33-35-36-37-38-39-40-42-44-46-48-50-53-56-59-62-65-68-75(79)84-73(66-63-60-57-54-51-24-21-18-15-12-9-3)72(71-83-85(80,81)82-70-69-77(4,5)6)76-74(78)67-64-61-58-55-52-49-47-45-43-41-34-32-30-28-26-23-20-17-14-11-8-2/h19,22,27,29,63,66,72-73H,7-18,20-21,23-26,28,30-62,64-65,67-71H2,1-6H3,(H-,76,78,80,81)/p+1/b22-19-,29-27-,66-63+. The van der Waals surface area contributed by atoms with Crippen LogP contribution in [0.3, 0.4) is 0 Å². The molecule has 1 amide bonds. The van der Waals surface area contributed by atoms with E-state index in [2.05, 4.69) is 50.4 Å². The SMILES string of the molecule is CCCCC/C=C\C/C=C\CCCCCCCCCCCCCCCCCCCC(=O)OC(/C=C/CCCCCCCCCCC)C(COP(=O)(O)OCC[N+](C)(C)C)NC(=O)CCCCCCCCCCCCCCCCCCCCCCC. The van der Waals surface area contributed by atoms with Gasteiger partial charge in [-0.1, -0.05) is 340 Å². The number of ether oxygens (including phenoxy) is 1. The zero-order valence-corrected chi connectivity index (χ0v) is 58.5. The molecule has 85 heavy (non-hydrogen) atoms. The van der Waals surface area contributed by atoms with Crippen LogP contribution in [0.5, 0.6) is 0 Å². The number of rotatable bonds is 69. The monoisotopic (exact) mass is 1220 g/mol. The molecule has 0 saturated carbocycles. The number of hydrogen-bond donors (Lipinski definition) is 2. The maximum absolute atomic E-state index is 13.6. The number of nitrogens with one attached hydrogen (secondary N) is 1. The smallest absolute Gasteiger partial charge is 0.456 e. The van der Waals surface area contributed by atoms with Gasteiger partial charge in [-0.2, -0.15) is 0 Å². The molecule has 0 bridgehead atoms. The summed E-state index contributed by atoms with van der Waals surface area (Å²) >= 11 is 0. The van der Waals surface area contributed by atoms with Gasteiger partial charge in [0.25, 0.3) is 0 Å². The molecule has 9 nitrogen and oxygen atoms in total. The summed E-state index contributed by atoms with van der Waals surface area (Å²) in [5, 5.41) is 3.08. The van der Waals surface area contributed by atoms with Gasteiger partial charge >= 0.3 is 13.8 Å². The Morgan fingerprint density at radius 2 is 0.718 bits per heavy atom. The fourth-order valence-corrected chi connectivity index (χ4v) is 12.1. The van der Waals surface area contributed by atoms with Crippen molar-refractivity contribution in [1.82, 2.24) is 5.32 Å². The highest BCUT2D eigenvalue weighted by molar-refractivity contribution is 7.47. The highest BCUT2D eigenvalue weighted by Gasteiger charge is 2.30. The van der Waals surface area contributed by atoms with Crippen LogP contribution in [0.25, 0.3) is 0 Å². The number of quaternary nitrogens is 1. The summed E-state index contributed by atoms with van der Waals surface area (Å²) < 4.78 is 30.9. The Bertz CT molecular complexity index is 1550. The molecule has 0 fully saturated rings. The van der Waals surface area contributed by atoms with Crippen LogP contribution < -0.4 is 5.32 Å². The van der Waals surface area contributed by atoms with Gasteiger partial charge in [0, 0.05) is 12.8 Å². The molecular formula is C75H146N2O7P+. The summed E-state index contributed by atoms with van der Waals surface area (Å²) in [5.41, 5.74) is 0. The maximum atomic E-state index is 13.6. The van der Waals surface area contributed by atoms with Crippen LogP contribution in [0.1, 0.15) is 380 Å². The number of likely N-dealkylation sites (N-methyl/N-ethyl adjacent to an activating group) is 1. The number of phosphoric ester groups is 1. The van der Waals surface area contributed by atoms with Crippen molar-refractivity contribution in [2.75, 3.05) is 40.9 Å². The number of hydrogen-bond acceptors (Lipinski definition) is 6. The van der Waals surface area contributed by atoms with Crippen LogP contribution in [-0.4, -0.2) is 74.3 Å². The largest absolute Gasteiger partial charge is 0.472 e. The van der Waals surface area contributed by atoms with Crippen molar-refractivity contribution in [3.05, 3.63) is 36.5 Å². The molecule has 0 aliphatic carbocycles. The molecule has 0 aromatic carbocycles. The van der Waals surface area contributed by atoms with E-state index in [1.54, 1.807) is 0 Å². The average Bonchev–Trinajstić information content (AvgIpc) is 3.59. The molecular weight excluding hydrogens is 1070 g/mol. The minimum absolute atomic E-state index is 0.0440. The molecule has 0 rings (SSSR count). The molecule has 2 N–H and O–H groups in total. The van der Waals surface area contributed by atoms with Crippen LogP contribution in [0, 0.1) is 0 Å². The fourth-order valence-electron chi connectivity index (χ4n) is 11.3. The first-order valence-electron chi connectivity index (χ1n) is 37.3. The van der Waals surface area contributed by atoms with Gasteiger partial charge in [-0.15, -0.1) is 0 Å². The van der Waals surface area contributed by atoms with E-state index in [1.165, 1.54) is 283 Å². The third-order valence-corrected chi connectivity index (χ3v) is 18.1. The molecule has 0 aromatic rings. The zero-order chi connectivity index (χ0) is 62.1. The molecule has 0 saturated heterocycles. The molecule has 0 radical (unpaired) electrons. The second kappa shape index (κ2) is 65.2. The van der Waals surface area contributed by atoms with Crippen molar-refractivity contribution < 1.29 is 37.3 Å². The van der Waals surface area contributed by atoms with E-state index < -0.39 is 20.0 Å². The van der Waals surface area contributed by atoms with E-state index >= 15 is 0 Å². The van der Waals surface area contributed by atoms with E-state index in [0.717, 1.165) is 64.2 Å². The van der Waals surface area contributed by atoms with E-state index in [-0.39, 0.29) is 25.1 Å².